The zero-order valence-corrected chi connectivity index (χ0v) is 8.38. The standard InChI is InChI=1S/C4H11NO3.3ClH/c1-2-3(5)4(6,7)8;;;/h3,6-8H,2,5H2,1H3;3*1H. The van der Waals surface area contributed by atoms with Crippen molar-refractivity contribution in [3.63, 3.8) is 0 Å². The van der Waals surface area contributed by atoms with Crippen LogP contribution in [0.25, 0.3) is 0 Å². The molecule has 0 aromatic rings. The number of rotatable bonds is 2. The summed E-state index contributed by atoms with van der Waals surface area (Å²) in [7, 11) is 0. The predicted molar refractivity (Wildman–Crippen MR) is 49.4 cm³/mol. The quantitative estimate of drug-likeness (QED) is 0.487. The highest BCUT2D eigenvalue weighted by atomic mass is 35.5. The van der Waals surface area contributed by atoms with Gasteiger partial charge in [0.05, 0.1) is 6.04 Å². The van der Waals surface area contributed by atoms with Gasteiger partial charge in [0, 0.05) is 0 Å². The summed E-state index contributed by atoms with van der Waals surface area (Å²) in [4.78, 5) is 0. The summed E-state index contributed by atoms with van der Waals surface area (Å²) in [6.45, 7) is 1.64. The molecule has 0 bridgehead atoms. The number of hydrogen-bond acceptors (Lipinski definition) is 4. The summed E-state index contributed by atoms with van der Waals surface area (Å²) >= 11 is 0. The van der Waals surface area contributed by atoms with Gasteiger partial charge in [-0.25, -0.2) is 0 Å². The Labute approximate surface area is 84.0 Å². The van der Waals surface area contributed by atoms with Gasteiger partial charge in [-0.3, -0.25) is 0 Å². The Hall–Kier alpha value is 0.710. The minimum Gasteiger partial charge on any atom is -0.342 e. The Morgan fingerprint density at radius 2 is 1.45 bits per heavy atom. The largest absolute Gasteiger partial charge is 0.342 e. The summed E-state index contributed by atoms with van der Waals surface area (Å²) in [5, 5.41) is 24.8. The SMILES string of the molecule is CCC(N)C(O)(O)O.Cl.Cl.Cl. The molecule has 0 aromatic heterocycles. The van der Waals surface area contributed by atoms with E-state index in [1.54, 1.807) is 6.92 Å². The monoisotopic (exact) mass is 229 g/mol. The molecule has 0 heterocycles. The number of halogens is 3. The minimum atomic E-state index is -2.71. The second-order valence-electron chi connectivity index (χ2n) is 1.70. The molecular formula is C4H14Cl3NO3. The van der Waals surface area contributed by atoms with Crippen LogP contribution >= 0.6 is 37.2 Å². The first-order chi connectivity index (χ1) is 3.48. The molecule has 7 heteroatoms. The maximum Gasteiger partial charge on any atom is 0.291 e. The topological polar surface area (TPSA) is 86.7 Å². The number of nitrogens with two attached hydrogens (primary N) is 1. The highest BCUT2D eigenvalue weighted by Crippen LogP contribution is 2.00. The normalized spacial score (nSPS) is 11.7. The van der Waals surface area contributed by atoms with E-state index >= 15 is 0 Å². The van der Waals surface area contributed by atoms with Gasteiger partial charge in [0.1, 0.15) is 0 Å². The first kappa shape index (κ1) is 22.6. The smallest absolute Gasteiger partial charge is 0.291 e. The highest BCUT2D eigenvalue weighted by molar-refractivity contribution is 5.86. The van der Waals surface area contributed by atoms with E-state index in [9.17, 15) is 0 Å². The molecule has 11 heavy (non-hydrogen) atoms. The lowest BCUT2D eigenvalue weighted by atomic mass is 10.2. The maximum atomic E-state index is 8.27. The molecule has 0 rings (SSSR count). The van der Waals surface area contributed by atoms with Crippen molar-refractivity contribution in [2.75, 3.05) is 0 Å². The van der Waals surface area contributed by atoms with Crippen LogP contribution in [-0.4, -0.2) is 27.3 Å². The van der Waals surface area contributed by atoms with Crippen molar-refractivity contribution in [2.45, 2.75) is 25.4 Å². The first-order valence-corrected chi connectivity index (χ1v) is 2.41. The van der Waals surface area contributed by atoms with Crippen LogP contribution in [0.4, 0.5) is 0 Å². The third-order valence-electron chi connectivity index (χ3n) is 0.937. The van der Waals surface area contributed by atoms with E-state index in [4.69, 9.17) is 21.1 Å². The van der Waals surface area contributed by atoms with Gasteiger partial charge in [-0.2, -0.15) is 0 Å². The molecule has 0 aliphatic rings. The van der Waals surface area contributed by atoms with Gasteiger partial charge in [-0.1, -0.05) is 6.92 Å². The Morgan fingerprint density at radius 1 is 1.18 bits per heavy atom. The molecule has 1 unspecified atom stereocenters. The molecule has 0 fully saturated rings. The fourth-order valence-corrected chi connectivity index (χ4v) is 0.274. The van der Waals surface area contributed by atoms with Gasteiger partial charge in [-0.15, -0.1) is 37.2 Å². The lowest BCUT2D eigenvalue weighted by molar-refractivity contribution is -0.322. The van der Waals surface area contributed by atoms with Gasteiger partial charge < -0.3 is 21.1 Å². The summed E-state index contributed by atoms with van der Waals surface area (Å²) in [6, 6.07) is -0.984. The van der Waals surface area contributed by atoms with Crippen LogP contribution in [0.3, 0.4) is 0 Å². The van der Waals surface area contributed by atoms with Crippen LogP contribution in [0.15, 0.2) is 0 Å². The first-order valence-electron chi connectivity index (χ1n) is 2.41. The summed E-state index contributed by atoms with van der Waals surface area (Å²) in [5.74, 6) is -2.71. The second-order valence-corrected chi connectivity index (χ2v) is 1.70. The molecule has 74 valence electrons. The zero-order chi connectivity index (χ0) is 6.78. The molecule has 0 amide bonds. The van der Waals surface area contributed by atoms with E-state index in [-0.39, 0.29) is 37.2 Å². The molecule has 0 saturated heterocycles. The molecule has 0 aromatic carbocycles. The molecule has 0 radical (unpaired) electrons. The van der Waals surface area contributed by atoms with E-state index in [0.29, 0.717) is 6.42 Å². The molecule has 0 spiro atoms. The summed E-state index contributed by atoms with van der Waals surface area (Å²) in [5.41, 5.74) is 5.00. The van der Waals surface area contributed by atoms with Gasteiger partial charge >= 0.3 is 0 Å². The molecule has 5 N–H and O–H groups in total. The summed E-state index contributed by atoms with van der Waals surface area (Å²) in [6.07, 6.45) is 0.323. The lowest BCUT2D eigenvalue weighted by Crippen LogP contribution is -2.47. The average Bonchev–Trinajstić information content (AvgIpc) is 1.62. The van der Waals surface area contributed by atoms with Crippen molar-refractivity contribution in [1.29, 1.82) is 0 Å². The molecule has 4 nitrogen and oxygen atoms in total. The predicted octanol–water partition coefficient (Wildman–Crippen LogP) is -0.380. The van der Waals surface area contributed by atoms with Crippen LogP contribution in [0.2, 0.25) is 0 Å². The average molecular weight is 231 g/mol. The minimum absolute atomic E-state index is 0. The highest BCUT2D eigenvalue weighted by Gasteiger charge is 2.26. The number of aliphatic hydroxyl groups is 3. The second kappa shape index (κ2) is 8.80. The number of hydrogen-bond donors (Lipinski definition) is 4. The molecule has 0 aliphatic carbocycles. The van der Waals surface area contributed by atoms with Crippen LogP contribution in [0.1, 0.15) is 13.3 Å². The van der Waals surface area contributed by atoms with Crippen molar-refractivity contribution in [3.8, 4) is 0 Å². The van der Waals surface area contributed by atoms with Crippen LogP contribution in [0.5, 0.6) is 0 Å². The van der Waals surface area contributed by atoms with Crippen molar-refractivity contribution >= 4 is 37.2 Å². The third kappa shape index (κ3) is 10.7. The van der Waals surface area contributed by atoms with E-state index < -0.39 is 12.0 Å². The van der Waals surface area contributed by atoms with Crippen molar-refractivity contribution < 1.29 is 15.3 Å². The van der Waals surface area contributed by atoms with Gasteiger partial charge in [0.2, 0.25) is 0 Å². The van der Waals surface area contributed by atoms with Gasteiger partial charge in [0.25, 0.3) is 5.97 Å². The fourth-order valence-electron chi connectivity index (χ4n) is 0.274. The van der Waals surface area contributed by atoms with Crippen molar-refractivity contribution in [2.24, 2.45) is 5.73 Å². The zero-order valence-electron chi connectivity index (χ0n) is 5.93. The Kier molecular flexibility index (Phi) is 18.1. The van der Waals surface area contributed by atoms with E-state index in [1.165, 1.54) is 0 Å². The Bertz CT molecular complexity index is 77.5. The van der Waals surface area contributed by atoms with Crippen LogP contribution < -0.4 is 5.73 Å². The fraction of sp³-hybridized carbons (Fsp3) is 1.00. The third-order valence-corrected chi connectivity index (χ3v) is 0.937. The van der Waals surface area contributed by atoms with Crippen molar-refractivity contribution in [3.05, 3.63) is 0 Å². The Morgan fingerprint density at radius 3 is 1.45 bits per heavy atom. The maximum absolute atomic E-state index is 8.27. The van der Waals surface area contributed by atoms with Crippen molar-refractivity contribution in [1.82, 2.24) is 0 Å². The van der Waals surface area contributed by atoms with E-state index in [2.05, 4.69) is 0 Å². The van der Waals surface area contributed by atoms with E-state index in [0.717, 1.165) is 0 Å². The molecule has 0 saturated carbocycles. The molecule has 0 aliphatic heterocycles. The van der Waals surface area contributed by atoms with Crippen LogP contribution in [0, 0.1) is 0 Å². The van der Waals surface area contributed by atoms with Gasteiger partial charge in [0.15, 0.2) is 0 Å². The van der Waals surface area contributed by atoms with Crippen LogP contribution in [-0.2, 0) is 0 Å². The Balaban J connectivity index is -0.0000000817. The molecular weight excluding hydrogens is 216 g/mol. The summed E-state index contributed by atoms with van der Waals surface area (Å²) < 4.78 is 0. The molecule has 1 atom stereocenters. The van der Waals surface area contributed by atoms with E-state index in [1.807, 2.05) is 0 Å². The van der Waals surface area contributed by atoms with Gasteiger partial charge in [-0.05, 0) is 6.42 Å². The lowest BCUT2D eigenvalue weighted by Gasteiger charge is -2.19.